The van der Waals surface area contributed by atoms with Gasteiger partial charge in [0.2, 0.25) is 0 Å². The van der Waals surface area contributed by atoms with Crippen molar-refractivity contribution in [1.82, 2.24) is 0 Å². The molecule has 2 rings (SSSR count). The fraction of sp³-hybridized carbons (Fsp3) is 0. The van der Waals surface area contributed by atoms with Crippen LogP contribution in [-0.4, -0.2) is 0 Å². The topological polar surface area (TPSA) is 0 Å². The molecule has 0 unspecified atom stereocenters. The molecule has 0 aliphatic rings. The van der Waals surface area contributed by atoms with E-state index in [1.165, 1.54) is 5.56 Å². The smallest absolute Gasteiger partial charge is 0.0260 e. The summed E-state index contributed by atoms with van der Waals surface area (Å²) in [5.41, 5.74) is 2.32. The maximum absolute atomic E-state index is 3.40. The number of rotatable bonds is 1. The summed E-state index contributed by atoms with van der Waals surface area (Å²) in [6.07, 6.45) is 0. The third kappa shape index (κ3) is 1.99. The first kappa shape index (κ1) is 8.52. The minimum Gasteiger partial charge on any atom is -0.0622 e. The highest BCUT2D eigenvalue weighted by atomic mass is 79.9. The molecule has 0 amide bonds. The van der Waals surface area contributed by atoms with Crippen molar-refractivity contribution < 1.29 is 0 Å². The molecule has 0 heterocycles. The molecule has 0 N–H and O–H groups in total. The monoisotopic (exact) mass is 231 g/mol. The lowest BCUT2D eigenvalue weighted by molar-refractivity contribution is 1.58. The second-order valence-electron chi connectivity index (χ2n) is 2.78. The van der Waals surface area contributed by atoms with Gasteiger partial charge in [-0.2, -0.15) is 0 Å². The van der Waals surface area contributed by atoms with E-state index in [0.29, 0.717) is 0 Å². The Morgan fingerprint density at radius 2 is 1.62 bits per heavy atom. The number of halogens is 1. The van der Waals surface area contributed by atoms with Crippen LogP contribution in [0.1, 0.15) is 0 Å². The SMILES string of the molecule is Brc1[c]c(-c2ccccc2)ccc1. The number of hydrogen-bond acceptors (Lipinski definition) is 0. The van der Waals surface area contributed by atoms with Crippen molar-refractivity contribution in [2.75, 3.05) is 0 Å². The van der Waals surface area contributed by atoms with Crippen LogP contribution in [0.4, 0.5) is 0 Å². The van der Waals surface area contributed by atoms with Crippen molar-refractivity contribution in [1.29, 1.82) is 0 Å². The van der Waals surface area contributed by atoms with Gasteiger partial charge in [-0.3, -0.25) is 0 Å². The van der Waals surface area contributed by atoms with Gasteiger partial charge in [-0.15, -0.1) is 0 Å². The van der Waals surface area contributed by atoms with Gasteiger partial charge < -0.3 is 0 Å². The maximum Gasteiger partial charge on any atom is 0.0260 e. The summed E-state index contributed by atoms with van der Waals surface area (Å²) in [4.78, 5) is 0. The molecule has 1 radical (unpaired) electrons. The third-order valence-corrected chi connectivity index (χ3v) is 2.31. The third-order valence-electron chi connectivity index (χ3n) is 1.84. The minimum atomic E-state index is 0.994. The molecule has 0 aliphatic carbocycles. The average molecular weight is 232 g/mol. The summed E-state index contributed by atoms with van der Waals surface area (Å²) >= 11 is 3.40. The van der Waals surface area contributed by atoms with E-state index in [4.69, 9.17) is 0 Å². The van der Waals surface area contributed by atoms with Crippen LogP contribution in [0.5, 0.6) is 0 Å². The summed E-state index contributed by atoms with van der Waals surface area (Å²) in [6.45, 7) is 0. The average Bonchev–Trinajstić information content (AvgIpc) is 2.19. The van der Waals surface area contributed by atoms with Crippen LogP contribution in [0.2, 0.25) is 0 Å². The Morgan fingerprint density at radius 3 is 2.31 bits per heavy atom. The zero-order valence-corrected chi connectivity index (χ0v) is 8.58. The molecule has 1 heteroatoms. The van der Waals surface area contributed by atoms with Crippen molar-refractivity contribution in [3.05, 3.63) is 59.1 Å². The Morgan fingerprint density at radius 1 is 0.846 bits per heavy atom. The van der Waals surface area contributed by atoms with Crippen LogP contribution in [0.25, 0.3) is 11.1 Å². The molecule has 0 bridgehead atoms. The highest BCUT2D eigenvalue weighted by Gasteiger charge is 1.96. The van der Waals surface area contributed by atoms with Crippen molar-refractivity contribution >= 4 is 15.9 Å². The zero-order chi connectivity index (χ0) is 9.10. The lowest BCUT2D eigenvalue weighted by Gasteiger charge is -2.00. The zero-order valence-electron chi connectivity index (χ0n) is 7.00. The van der Waals surface area contributed by atoms with Gasteiger partial charge >= 0.3 is 0 Å². The molecular weight excluding hydrogens is 224 g/mol. The molecular formula is C12H8Br. The Hall–Kier alpha value is -1.08. The minimum absolute atomic E-state index is 0.994. The Balaban J connectivity index is 2.48. The van der Waals surface area contributed by atoms with E-state index in [0.717, 1.165) is 10.0 Å². The van der Waals surface area contributed by atoms with Crippen LogP contribution in [0.3, 0.4) is 0 Å². The fourth-order valence-corrected chi connectivity index (χ4v) is 1.59. The van der Waals surface area contributed by atoms with Crippen LogP contribution in [0, 0.1) is 6.07 Å². The van der Waals surface area contributed by atoms with E-state index in [2.05, 4.69) is 40.2 Å². The first-order chi connectivity index (χ1) is 6.36. The van der Waals surface area contributed by atoms with Gasteiger partial charge in [0.05, 0.1) is 0 Å². The summed E-state index contributed by atoms with van der Waals surface area (Å²) < 4.78 is 0.994. The molecule has 0 spiro atoms. The second-order valence-corrected chi connectivity index (χ2v) is 3.63. The Kier molecular flexibility index (Phi) is 2.46. The molecule has 2 aromatic carbocycles. The van der Waals surface area contributed by atoms with Crippen LogP contribution < -0.4 is 0 Å². The number of hydrogen-bond donors (Lipinski definition) is 0. The van der Waals surface area contributed by atoms with Crippen LogP contribution in [0.15, 0.2) is 53.0 Å². The van der Waals surface area contributed by atoms with Gasteiger partial charge in [-0.05, 0) is 17.2 Å². The lowest BCUT2D eigenvalue weighted by atomic mass is 10.1. The van der Waals surface area contributed by atoms with Crippen molar-refractivity contribution in [3.8, 4) is 11.1 Å². The van der Waals surface area contributed by atoms with Crippen LogP contribution in [-0.2, 0) is 0 Å². The quantitative estimate of drug-likeness (QED) is 0.699. The van der Waals surface area contributed by atoms with Crippen molar-refractivity contribution in [2.24, 2.45) is 0 Å². The fourth-order valence-electron chi connectivity index (χ4n) is 1.23. The normalized spacial score (nSPS) is 9.92. The predicted molar refractivity (Wildman–Crippen MR) is 58.4 cm³/mol. The molecule has 0 fully saturated rings. The first-order valence-electron chi connectivity index (χ1n) is 4.09. The molecule has 0 saturated carbocycles. The van der Waals surface area contributed by atoms with E-state index in [1.807, 2.05) is 30.3 Å². The van der Waals surface area contributed by atoms with Gasteiger partial charge in [0.15, 0.2) is 0 Å². The van der Waals surface area contributed by atoms with Gasteiger partial charge in [0.1, 0.15) is 0 Å². The molecule has 0 aromatic heterocycles. The maximum atomic E-state index is 3.40. The van der Waals surface area contributed by atoms with Crippen molar-refractivity contribution in [2.45, 2.75) is 0 Å². The van der Waals surface area contributed by atoms with Crippen molar-refractivity contribution in [3.63, 3.8) is 0 Å². The molecule has 0 saturated heterocycles. The van der Waals surface area contributed by atoms with E-state index < -0.39 is 0 Å². The highest BCUT2D eigenvalue weighted by Crippen LogP contribution is 2.21. The van der Waals surface area contributed by atoms with Gasteiger partial charge in [-0.1, -0.05) is 58.4 Å². The summed E-state index contributed by atoms with van der Waals surface area (Å²) in [5.74, 6) is 0. The first-order valence-corrected chi connectivity index (χ1v) is 4.89. The predicted octanol–water partition coefficient (Wildman–Crippen LogP) is 3.92. The summed E-state index contributed by atoms with van der Waals surface area (Å²) in [5, 5.41) is 0. The molecule has 63 valence electrons. The van der Waals surface area contributed by atoms with Gasteiger partial charge in [-0.25, -0.2) is 0 Å². The number of benzene rings is 2. The van der Waals surface area contributed by atoms with Gasteiger partial charge in [0, 0.05) is 10.5 Å². The van der Waals surface area contributed by atoms with E-state index in [-0.39, 0.29) is 0 Å². The standard InChI is InChI=1S/C12H8Br/c13-12-8-4-7-11(9-12)10-5-2-1-3-6-10/h1-8H. The van der Waals surface area contributed by atoms with E-state index in [1.54, 1.807) is 0 Å². The van der Waals surface area contributed by atoms with Crippen LogP contribution >= 0.6 is 15.9 Å². The summed E-state index contributed by atoms with van der Waals surface area (Å²) in [7, 11) is 0. The largest absolute Gasteiger partial charge is 0.0622 e. The molecule has 0 aliphatic heterocycles. The summed E-state index contributed by atoms with van der Waals surface area (Å²) in [6, 6.07) is 19.5. The van der Waals surface area contributed by atoms with E-state index in [9.17, 15) is 0 Å². The molecule has 13 heavy (non-hydrogen) atoms. The molecule has 2 aromatic rings. The molecule has 0 nitrogen and oxygen atoms in total. The molecule has 0 atom stereocenters. The van der Waals surface area contributed by atoms with Gasteiger partial charge in [0.25, 0.3) is 0 Å². The lowest BCUT2D eigenvalue weighted by Crippen LogP contribution is -1.76. The van der Waals surface area contributed by atoms with E-state index >= 15 is 0 Å². The Labute approximate surface area is 86.4 Å². The second kappa shape index (κ2) is 3.75. The Bertz CT molecular complexity index is 393. The highest BCUT2D eigenvalue weighted by molar-refractivity contribution is 9.10.